The molecule has 0 aliphatic rings. The third-order valence-corrected chi connectivity index (χ3v) is 10.8. The van der Waals surface area contributed by atoms with Crippen LogP contribution in [0, 0.1) is 0 Å². The number of aromatic nitrogens is 4. The average molecular weight is 701 g/mol. The Morgan fingerprint density at radius 2 is 0.873 bits per heavy atom. The molecular weight excluding hydrogens is 669 g/mol. The zero-order valence-electron chi connectivity index (χ0n) is 29.8. The van der Waals surface area contributed by atoms with Crippen molar-refractivity contribution in [3.05, 3.63) is 194 Å². The number of rotatable bonds is 5. The summed E-state index contributed by atoms with van der Waals surface area (Å²) in [7, 11) is 0. The van der Waals surface area contributed by atoms with E-state index in [2.05, 4.69) is 193 Å². The SMILES string of the molecule is c1ccc(-c2ccccc2-c2nc(-c3ccc(-n4c5ccccc5c5ccccc54)cc3)nc(-c3c4ccccc4cc4c3ccc3ccccc34)n2)cc1. The molecule has 9 aromatic carbocycles. The van der Waals surface area contributed by atoms with E-state index >= 15 is 0 Å². The topological polar surface area (TPSA) is 43.6 Å². The van der Waals surface area contributed by atoms with Gasteiger partial charge in [0.15, 0.2) is 17.5 Å². The highest BCUT2D eigenvalue weighted by molar-refractivity contribution is 6.19. The lowest BCUT2D eigenvalue weighted by molar-refractivity contribution is 1.08. The second-order valence-electron chi connectivity index (χ2n) is 14.0. The monoisotopic (exact) mass is 700 g/mol. The average Bonchev–Trinajstić information content (AvgIpc) is 3.60. The fraction of sp³-hybridized carbons (Fsp3) is 0. The number of hydrogen-bond acceptors (Lipinski definition) is 3. The summed E-state index contributed by atoms with van der Waals surface area (Å²) in [6.45, 7) is 0. The Kier molecular flexibility index (Phi) is 7.14. The lowest BCUT2D eigenvalue weighted by Gasteiger charge is -2.16. The third kappa shape index (κ3) is 5.11. The first-order valence-corrected chi connectivity index (χ1v) is 18.6. The fourth-order valence-electron chi connectivity index (χ4n) is 8.31. The lowest BCUT2D eigenvalue weighted by atomic mass is 9.93. The highest BCUT2D eigenvalue weighted by atomic mass is 15.0. The molecule has 256 valence electrons. The molecule has 2 aromatic heterocycles. The van der Waals surface area contributed by atoms with Crippen LogP contribution in [0.1, 0.15) is 0 Å². The maximum Gasteiger partial charge on any atom is 0.165 e. The van der Waals surface area contributed by atoms with Crippen molar-refractivity contribution in [2.75, 3.05) is 0 Å². The number of nitrogens with zero attached hydrogens (tertiary/aromatic N) is 4. The van der Waals surface area contributed by atoms with Crippen molar-refractivity contribution in [2.24, 2.45) is 0 Å². The zero-order chi connectivity index (χ0) is 36.3. The predicted octanol–water partition coefficient (Wildman–Crippen LogP) is 13.1. The van der Waals surface area contributed by atoms with Gasteiger partial charge in [0.05, 0.1) is 11.0 Å². The van der Waals surface area contributed by atoms with E-state index in [9.17, 15) is 0 Å². The molecule has 0 spiro atoms. The number of para-hydroxylation sites is 2. The molecule has 2 heterocycles. The van der Waals surface area contributed by atoms with Crippen molar-refractivity contribution in [3.8, 4) is 51.0 Å². The number of fused-ring (bicyclic) bond motifs is 7. The maximum absolute atomic E-state index is 5.37. The van der Waals surface area contributed by atoms with Crippen molar-refractivity contribution in [1.29, 1.82) is 0 Å². The Bertz CT molecular complexity index is 3200. The summed E-state index contributed by atoms with van der Waals surface area (Å²) < 4.78 is 2.33. The van der Waals surface area contributed by atoms with E-state index in [1.807, 2.05) is 6.07 Å². The van der Waals surface area contributed by atoms with Crippen molar-refractivity contribution in [1.82, 2.24) is 19.5 Å². The summed E-state index contributed by atoms with van der Waals surface area (Å²) in [5.41, 5.74) is 8.49. The minimum Gasteiger partial charge on any atom is -0.309 e. The van der Waals surface area contributed by atoms with Crippen LogP contribution < -0.4 is 0 Å². The quantitative estimate of drug-likeness (QED) is 0.133. The van der Waals surface area contributed by atoms with Gasteiger partial charge in [0.25, 0.3) is 0 Å². The van der Waals surface area contributed by atoms with Gasteiger partial charge in [-0.2, -0.15) is 0 Å². The minimum absolute atomic E-state index is 0.624. The fourth-order valence-corrected chi connectivity index (χ4v) is 8.31. The molecule has 11 aromatic rings. The van der Waals surface area contributed by atoms with E-state index < -0.39 is 0 Å². The van der Waals surface area contributed by atoms with Crippen molar-refractivity contribution < 1.29 is 0 Å². The van der Waals surface area contributed by atoms with Crippen LogP contribution in [-0.4, -0.2) is 19.5 Å². The number of benzene rings is 9. The van der Waals surface area contributed by atoms with Gasteiger partial charge in [-0.15, -0.1) is 0 Å². The van der Waals surface area contributed by atoms with Crippen LogP contribution in [0.15, 0.2) is 194 Å². The van der Waals surface area contributed by atoms with E-state index in [4.69, 9.17) is 15.0 Å². The molecule has 0 aliphatic heterocycles. The van der Waals surface area contributed by atoms with E-state index in [1.54, 1.807) is 0 Å². The predicted molar refractivity (Wildman–Crippen MR) is 228 cm³/mol. The summed E-state index contributed by atoms with van der Waals surface area (Å²) in [6, 6.07) is 68.6. The van der Waals surface area contributed by atoms with Crippen molar-refractivity contribution >= 4 is 54.1 Å². The Morgan fingerprint density at radius 3 is 1.62 bits per heavy atom. The third-order valence-electron chi connectivity index (χ3n) is 10.8. The van der Waals surface area contributed by atoms with Crippen LogP contribution in [0.3, 0.4) is 0 Å². The van der Waals surface area contributed by atoms with Gasteiger partial charge in [-0.3, -0.25) is 0 Å². The molecule has 11 rings (SSSR count). The summed E-state index contributed by atoms with van der Waals surface area (Å²) in [5.74, 6) is 1.90. The van der Waals surface area contributed by atoms with Crippen molar-refractivity contribution in [3.63, 3.8) is 0 Å². The van der Waals surface area contributed by atoms with Crippen molar-refractivity contribution in [2.45, 2.75) is 0 Å². The molecular formula is C51H32N4. The van der Waals surface area contributed by atoms with E-state index in [0.29, 0.717) is 17.5 Å². The Labute approximate surface area is 317 Å². The molecule has 0 saturated carbocycles. The van der Waals surface area contributed by atoms with Crippen LogP contribution in [0.4, 0.5) is 0 Å². The molecule has 0 radical (unpaired) electrons. The van der Waals surface area contributed by atoms with Crippen LogP contribution in [0.2, 0.25) is 0 Å². The standard InChI is InChI=1S/C51H32N4/c1-2-14-33(15-3-1)38-18-8-9-23-44(38)50-52-49(35-26-29-37(30-27-35)55-46-24-12-10-21-41(46)42-22-11-13-25-47(42)55)53-51(54-50)48-40-20-7-5-17-36(40)32-45-39-19-6-4-16-34(39)28-31-43(45)48/h1-32H. The van der Waals surface area contributed by atoms with E-state index in [1.165, 1.54) is 38.0 Å². The normalized spacial score (nSPS) is 11.6. The van der Waals surface area contributed by atoms with Gasteiger partial charge in [-0.1, -0.05) is 152 Å². The number of hydrogen-bond donors (Lipinski definition) is 0. The molecule has 0 aliphatic carbocycles. The Balaban J connectivity index is 1.16. The van der Waals surface area contributed by atoms with Crippen LogP contribution in [0.5, 0.6) is 0 Å². The van der Waals surface area contributed by atoms with Gasteiger partial charge in [0.2, 0.25) is 0 Å². The Morgan fingerprint density at radius 1 is 0.309 bits per heavy atom. The molecule has 0 saturated heterocycles. The molecule has 0 fully saturated rings. The second-order valence-corrected chi connectivity index (χ2v) is 14.0. The second kappa shape index (κ2) is 12.6. The molecule has 55 heavy (non-hydrogen) atoms. The van der Waals surface area contributed by atoms with Gasteiger partial charge in [-0.25, -0.2) is 15.0 Å². The first-order valence-electron chi connectivity index (χ1n) is 18.6. The molecule has 0 bridgehead atoms. The molecule has 4 heteroatoms. The smallest absolute Gasteiger partial charge is 0.165 e. The summed E-state index contributed by atoms with van der Waals surface area (Å²) >= 11 is 0. The lowest BCUT2D eigenvalue weighted by Crippen LogP contribution is -2.02. The molecule has 0 amide bonds. The largest absolute Gasteiger partial charge is 0.309 e. The molecule has 4 nitrogen and oxygen atoms in total. The molecule has 0 N–H and O–H groups in total. The highest BCUT2D eigenvalue weighted by Gasteiger charge is 2.20. The van der Waals surface area contributed by atoms with Crippen LogP contribution >= 0.6 is 0 Å². The molecule has 0 atom stereocenters. The van der Waals surface area contributed by atoms with Gasteiger partial charge in [0.1, 0.15) is 0 Å². The minimum atomic E-state index is 0.624. The zero-order valence-corrected chi connectivity index (χ0v) is 29.8. The van der Waals surface area contributed by atoms with Gasteiger partial charge >= 0.3 is 0 Å². The Hall–Kier alpha value is -7.43. The molecule has 0 unspecified atom stereocenters. The van der Waals surface area contributed by atoms with Crippen LogP contribution in [-0.2, 0) is 0 Å². The van der Waals surface area contributed by atoms with Gasteiger partial charge in [-0.05, 0) is 85.9 Å². The first-order chi connectivity index (χ1) is 27.3. The maximum atomic E-state index is 5.37. The highest BCUT2D eigenvalue weighted by Crippen LogP contribution is 2.40. The summed E-state index contributed by atoms with van der Waals surface area (Å²) in [5, 5.41) is 9.41. The van der Waals surface area contributed by atoms with E-state index in [0.717, 1.165) is 49.7 Å². The van der Waals surface area contributed by atoms with Gasteiger partial charge < -0.3 is 4.57 Å². The van der Waals surface area contributed by atoms with E-state index in [-0.39, 0.29) is 0 Å². The van der Waals surface area contributed by atoms with Crippen LogP contribution in [0.25, 0.3) is 105 Å². The van der Waals surface area contributed by atoms with Gasteiger partial charge in [0, 0.05) is 33.2 Å². The first kappa shape index (κ1) is 31.1. The summed E-state index contributed by atoms with van der Waals surface area (Å²) in [6.07, 6.45) is 0. The summed E-state index contributed by atoms with van der Waals surface area (Å²) in [4.78, 5) is 16.0.